The second kappa shape index (κ2) is 5.92. The fourth-order valence-corrected chi connectivity index (χ4v) is 2.48. The van der Waals surface area contributed by atoms with Gasteiger partial charge in [0.1, 0.15) is 0 Å². The first-order chi connectivity index (χ1) is 9.84. The lowest BCUT2D eigenvalue weighted by Gasteiger charge is -2.11. The Hall–Kier alpha value is -1.78. The van der Waals surface area contributed by atoms with Gasteiger partial charge in [-0.1, -0.05) is 39.3 Å². The van der Waals surface area contributed by atoms with E-state index in [1.54, 1.807) is 24.4 Å². The quantitative estimate of drug-likeness (QED) is 0.758. The minimum Gasteiger partial charge on any atom is -0.240 e. The number of hydrogen-bond acceptors (Lipinski definition) is 1. The molecule has 0 aliphatic carbocycles. The third-order valence-electron chi connectivity index (χ3n) is 3.18. The topological polar surface area (TPSA) is 17.3 Å². The molecule has 0 fully saturated rings. The molecule has 0 atom stereocenters. The lowest BCUT2D eigenvalue weighted by molar-refractivity contribution is -0.141. The number of nitrogens with zero attached hydrogens (tertiary/aromatic N) is 2. The molecule has 5 heteroatoms. The molecule has 0 aliphatic rings. The van der Waals surface area contributed by atoms with Crippen molar-refractivity contribution in [3.05, 3.63) is 41.7 Å². The number of aromatic nitrogens is 2. The first-order valence-corrected chi connectivity index (χ1v) is 7.10. The zero-order valence-corrected chi connectivity index (χ0v) is 12.4. The lowest BCUT2D eigenvalue weighted by atomic mass is 9.96. The third-order valence-corrected chi connectivity index (χ3v) is 3.18. The second-order valence-electron chi connectivity index (χ2n) is 5.44. The van der Waals surface area contributed by atoms with Crippen molar-refractivity contribution in [2.24, 2.45) is 5.92 Å². The van der Waals surface area contributed by atoms with Crippen molar-refractivity contribution in [1.29, 1.82) is 0 Å². The molecule has 0 aromatic carbocycles. The molecule has 0 amide bonds. The highest BCUT2D eigenvalue weighted by molar-refractivity contribution is 5.80. The lowest BCUT2D eigenvalue weighted by Crippen LogP contribution is -2.09. The van der Waals surface area contributed by atoms with Crippen LogP contribution in [0.15, 0.2) is 30.5 Å². The molecule has 0 saturated heterocycles. The highest BCUT2D eigenvalue weighted by Crippen LogP contribution is 2.38. The van der Waals surface area contributed by atoms with Crippen molar-refractivity contribution in [3.8, 4) is 0 Å². The summed E-state index contributed by atoms with van der Waals surface area (Å²) in [6.45, 7) is 5.90. The average molecular weight is 296 g/mol. The normalized spacial score (nSPS) is 13.4. The number of halogens is 3. The van der Waals surface area contributed by atoms with Crippen LogP contribution >= 0.6 is 0 Å². The van der Waals surface area contributed by atoms with Crippen LogP contribution < -0.4 is 0 Å². The second-order valence-corrected chi connectivity index (χ2v) is 5.44. The van der Waals surface area contributed by atoms with Gasteiger partial charge in [0.05, 0.1) is 5.52 Å². The van der Waals surface area contributed by atoms with Crippen molar-refractivity contribution < 1.29 is 13.2 Å². The van der Waals surface area contributed by atoms with E-state index >= 15 is 0 Å². The Labute approximate surface area is 122 Å². The molecule has 21 heavy (non-hydrogen) atoms. The van der Waals surface area contributed by atoms with Crippen molar-refractivity contribution in [2.75, 3.05) is 0 Å². The molecular formula is C16H19F3N2. The van der Waals surface area contributed by atoms with Gasteiger partial charge in [-0.3, -0.25) is 0 Å². The van der Waals surface area contributed by atoms with Crippen molar-refractivity contribution in [3.63, 3.8) is 0 Å². The van der Waals surface area contributed by atoms with Gasteiger partial charge in [0, 0.05) is 11.8 Å². The number of fused-ring (bicyclic) bond motifs is 1. The summed E-state index contributed by atoms with van der Waals surface area (Å²) in [5.74, 6) is 0.186. The summed E-state index contributed by atoms with van der Waals surface area (Å²) in [5.41, 5.74) is 0.652. The van der Waals surface area contributed by atoms with Crippen LogP contribution in [-0.4, -0.2) is 9.61 Å². The van der Waals surface area contributed by atoms with Crippen LogP contribution in [0.2, 0.25) is 0 Å². The predicted molar refractivity (Wildman–Crippen MR) is 77.9 cm³/mol. The maximum Gasteiger partial charge on any atom is 0.435 e. The van der Waals surface area contributed by atoms with E-state index < -0.39 is 11.9 Å². The molecule has 0 saturated carbocycles. The van der Waals surface area contributed by atoms with Gasteiger partial charge in [0.15, 0.2) is 5.69 Å². The SMILES string of the molecule is CCCC(=CC(C)C)c1c(C(F)(F)F)nn2ccccc12. The van der Waals surface area contributed by atoms with E-state index in [9.17, 15) is 13.2 Å². The van der Waals surface area contributed by atoms with E-state index in [1.165, 1.54) is 4.52 Å². The predicted octanol–water partition coefficient (Wildman–Crippen LogP) is 5.19. The molecule has 0 radical (unpaired) electrons. The fourth-order valence-electron chi connectivity index (χ4n) is 2.48. The Kier molecular flexibility index (Phi) is 4.40. The van der Waals surface area contributed by atoms with Gasteiger partial charge >= 0.3 is 6.18 Å². The largest absolute Gasteiger partial charge is 0.435 e. The van der Waals surface area contributed by atoms with Crippen LogP contribution in [0.1, 0.15) is 44.9 Å². The highest BCUT2D eigenvalue weighted by atomic mass is 19.4. The number of rotatable bonds is 4. The Morgan fingerprint density at radius 2 is 2.05 bits per heavy atom. The summed E-state index contributed by atoms with van der Waals surface area (Å²) < 4.78 is 41.3. The molecular weight excluding hydrogens is 277 g/mol. The molecule has 2 nitrogen and oxygen atoms in total. The smallest absolute Gasteiger partial charge is 0.240 e. The number of alkyl halides is 3. The molecule has 2 aromatic rings. The van der Waals surface area contributed by atoms with E-state index in [0.717, 1.165) is 12.0 Å². The molecule has 0 spiro atoms. The first kappa shape index (κ1) is 15.6. The van der Waals surface area contributed by atoms with Crippen LogP contribution in [0, 0.1) is 5.92 Å². The third kappa shape index (κ3) is 3.28. The summed E-state index contributed by atoms with van der Waals surface area (Å²) in [4.78, 5) is 0. The molecule has 2 rings (SSSR count). The minimum absolute atomic E-state index is 0.186. The standard InChI is InChI=1S/C16H19F3N2/c1-4-7-12(10-11(2)3)14-13-8-5-6-9-21(13)20-15(14)16(17,18)19/h5-6,8-11H,4,7H2,1-3H3. The number of pyridine rings is 1. The maximum absolute atomic E-state index is 13.3. The Balaban J connectivity index is 2.74. The van der Waals surface area contributed by atoms with E-state index in [-0.39, 0.29) is 11.5 Å². The van der Waals surface area contributed by atoms with Gasteiger partial charge in [0.25, 0.3) is 0 Å². The van der Waals surface area contributed by atoms with Gasteiger partial charge in [-0.2, -0.15) is 18.3 Å². The summed E-state index contributed by atoms with van der Waals surface area (Å²) >= 11 is 0. The van der Waals surface area contributed by atoms with Crippen LogP contribution in [0.4, 0.5) is 13.2 Å². The summed E-state index contributed by atoms with van der Waals surface area (Å²) in [6, 6.07) is 5.09. The molecule has 0 N–H and O–H groups in total. The van der Waals surface area contributed by atoms with Crippen molar-refractivity contribution in [1.82, 2.24) is 9.61 Å². The molecule has 0 unspecified atom stereocenters. The molecule has 0 aliphatic heterocycles. The van der Waals surface area contributed by atoms with E-state index in [4.69, 9.17) is 0 Å². The summed E-state index contributed by atoms with van der Waals surface area (Å²) in [6.07, 6.45) is 0.401. The van der Waals surface area contributed by atoms with Gasteiger partial charge in [0.2, 0.25) is 0 Å². The zero-order valence-electron chi connectivity index (χ0n) is 12.4. The van der Waals surface area contributed by atoms with Crippen LogP contribution in [-0.2, 0) is 6.18 Å². The summed E-state index contributed by atoms with van der Waals surface area (Å²) in [5, 5.41) is 3.75. The first-order valence-electron chi connectivity index (χ1n) is 7.10. The van der Waals surface area contributed by atoms with Crippen molar-refractivity contribution >= 4 is 11.1 Å². The average Bonchev–Trinajstić information content (AvgIpc) is 2.77. The molecule has 2 aromatic heterocycles. The molecule has 0 bridgehead atoms. The monoisotopic (exact) mass is 296 g/mol. The highest BCUT2D eigenvalue weighted by Gasteiger charge is 2.38. The minimum atomic E-state index is -4.45. The molecule has 2 heterocycles. The zero-order chi connectivity index (χ0) is 15.6. The summed E-state index contributed by atoms with van der Waals surface area (Å²) in [7, 11) is 0. The number of allylic oxidation sites excluding steroid dienone is 2. The Bertz CT molecular complexity index is 651. The van der Waals surface area contributed by atoms with E-state index in [0.29, 0.717) is 11.9 Å². The van der Waals surface area contributed by atoms with Gasteiger partial charge in [-0.25, -0.2) is 4.52 Å². The van der Waals surface area contributed by atoms with Crippen molar-refractivity contribution in [2.45, 2.75) is 39.8 Å². The Morgan fingerprint density at radius 3 is 2.62 bits per heavy atom. The molecule has 114 valence electrons. The van der Waals surface area contributed by atoms with Gasteiger partial charge < -0.3 is 0 Å². The van der Waals surface area contributed by atoms with Gasteiger partial charge in [-0.15, -0.1) is 0 Å². The van der Waals surface area contributed by atoms with Crippen LogP contribution in [0.5, 0.6) is 0 Å². The Morgan fingerprint density at radius 1 is 1.33 bits per heavy atom. The van der Waals surface area contributed by atoms with Crippen LogP contribution in [0.3, 0.4) is 0 Å². The fraction of sp³-hybridized carbons (Fsp3) is 0.438. The van der Waals surface area contributed by atoms with E-state index in [2.05, 4.69) is 5.10 Å². The number of hydrogen-bond donors (Lipinski definition) is 0. The maximum atomic E-state index is 13.3. The van der Waals surface area contributed by atoms with Gasteiger partial charge in [-0.05, 0) is 30.0 Å². The van der Waals surface area contributed by atoms with Crippen LogP contribution in [0.25, 0.3) is 11.1 Å². The van der Waals surface area contributed by atoms with E-state index in [1.807, 2.05) is 26.8 Å².